The fourth-order valence-corrected chi connectivity index (χ4v) is 1.06. The third-order valence-electron chi connectivity index (χ3n) is 1.68. The number of hydrogen-bond acceptors (Lipinski definition) is 4. The van der Waals surface area contributed by atoms with E-state index in [0.717, 1.165) is 4.90 Å². The standard InChI is InChI=1S/C10H18F3NO3/c1-9(2,3)17-8(16)6-14(4)5-7(15)10(11,12)13/h7,15H,5-6H2,1-4H3. The summed E-state index contributed by atoms with van der Waals surface area (Å²) in [5.41, 5.74) is -0.680. The van der Waals surface area contributed by atoms with E-state index in [4.69, 9.17) is 9.84 Å². The van der Waals surface area contributed by atoms with Crippen molar-refractivity contribution in [3.8, 4) is 0 Å². The number of nitrogens with zero attached hydrogens (tertiary/aromatic N) is 1. The molecule has 0 amide bonds. The zero-order chi connectivity index (χ0) is 13.9. The molecule has 0 aliphatic carbocycles. The number of rotatable bonds is 4. The lowest BCUT2D eigenvalue weighted by atomic mass is 10.2. The van der Waals surface area contributed by atoms with E-state index in [2.05, 4.69) is 0 Å². The van der Waals surface area contributed by atoms with Gasteiger partial charge < -0.3 is 9.84 Å². The molecular weight excluding hydrogens is 239 g/mol. The number of aliphatic hydroxyl groups is 1. The monoisotopic (exact) mass is 257 g/mol. The maximum absolute atomic E-state index is 12.0. The van der Waals surface area contributed by atoms with Crippen molar-refractivity contribution in [2.75, 3.05) is 20.1 Å². The van der Waals surface area contributed by atoms with Crippen LogP contribution in [0, 0.1) is 0 Å². The molecule has 0 aromatic heterocycles. The van der Waals surface area contributed by atoms with E-state index in [0.29, 0.717) is 0 Å². The Balaban J connectivity index is 4.11. The second kappa shape index (κ2) is 5.68. The van der Waals surface area contributed by atoms with Crippen LogP contribution in [0.5, 0.6) is 0 Å². The lowest BCUT2D eigenvalue weighted by molar-refractivity contribution is -0.208. The summed E-state index contributed by atoms with van der Waals surface area (Å²) in [4.78, 5) is 12.3. The minimum atomic E-state index is -4.68. The average molecular weight is 257 g/mol. The fourth-order valence-electron chi connectivity index (χ4n) is 1.06. The smallest absolute Gasteiger partial charge is 0.415 e. The highest BCUT2D eigenvalue weighted by molar-refractivity contribution is 5.72. The summed E-state index contributed by atoms with van der Waals surface area (Å²) in [5, 5.41) is 8.78. The number of ether oxygens (including phenoxy) is 1. The normalized spacial score (nSPS) is 14.9. The molecule has 0 fully saturated rings. The Bertz CT molecular complexity index is 261. The number of alkyl halides is 3. The molecule has 0 spiro atoms. The van der Waals surface area contributed by atoms with Crippen molar-refractivity contribution in [3.05, 3.63) is 0 Å². The summed E-state index contributed by atoms with van der Waals surface area (Å²) in [7, 11) is 1.30. The van der Waals surface area contributed by atoms with Gasteiger partial charge in [0, 0.05) is 6.54 Å². The third-order valence-corrected chi connectivity index (χ3v) is 1.68. The zero-order valence-electron chi connectivity index (χ0n) is 10.3. The summed E-state index contributed by atoms with van der Waals surface area (Å²) < 4.78 is 41.0. The molecule has 0 rings (SSSR count). The van der Waals surface area contributed by atoms with Crippen LogP contribution >= 0.6 is 0 Å². The third kappa shape index (κ3) is 7.98. The number of halogens is 3. The molecule has 0 aromatic rings. The Kier molecular flexibility index (Phi) is 5.41. The molecule has 0 bridgehead atoms. The fraction of sp³-hybridized carbons (Fsp3) is 0.900. The Labute approximate surface area is 98.3 Å². The van der Waals surface area contributed by atoms with Crippen LogP contribution < -0.4 is 0 Å². The van der Waals surface area contributed by atoms with Crippen LogP contribution in [0.25, 0.3) is 0 Å². The van der Waals surface area contributed by atoms with Gasteiger partial charge in [-0.05, 0) is 27.8 Å². The lowest BCUT2D eigenvalue weighted by Crippen LogP contribution is -2.42. The first kappa shape index (κ1) is 16.2. The summed E-state index contributed by atoms with van der Waals surface area (Å²) in [5.74, 6) is -0.630. The molecule has 17 heavy (non-hydrogen) atoms. The van der Waals surface area contributed by atoms with Crippen molar-refractivity contribution >= 4 is 5.97 Å². The quantitative estimate of drug-likeness (QED) is 0.768. The average Bonchev–Trinajstić information content (AvgIpc) is 1.96. The number of carbonyl (C=O) groups excluding carboxylic acids is 1. The van der Waals surface area contributed by atoms with Gasteiger partial charge in [0.15, 0.2) is 6.10 Å². The van der Waals surface area contributed by atoms with Crippen LogP contribution in [0.15, 0.2) is 0 Å². The Morgan fingerprint density at radius 3 is 2.18 bits per heavy atom. The molecule has 0 aliphatic heterocycles. The van der Waals surface area contributed by atoms with Gasteiger partial charge >= 0.3 is 12.1 Å². The van der Waals surface area contributed by atoms with E-state index in [9.17, 15) is 18.0 Å². The van der Waals surface area contributed by atoms with Crippen LogP contribution in [-0.2, 0) is 9.53 Å². The zero-order valence-corrected chi connectivity index (χ0v) is 10.3. The van der Waals surface area contributed by atoms with E-state index >= 15 is 0 Å². The number of carbonyl (C=O) groups is 1. The van der Waals surface area contributed by atoms with Crippen molar-refractivity contribution in [2.45, 2.75) is 38.7 Å². The molecule has 1 atom stereocenters. The molecule has 0 saturated heterocycles. The summed E-state index contributed by atoms with van der Waals surface area (Å²) in [6.07, 6.45) is -7.14. The van der Waals surface area contributed by atoms with Gasteiger partial charge in [0.1, 0.15) is 5.60 Å². The highest BCUT2D eigenvalue weighted by Crippen LogP contribution is 2.20. The predicted octanol–water partition coefficient (Wildman–Crippen LogP) is 1.18. The summed E-state index contributed by atoms with van der Waals surface area (Å²) in [6, 6.07) is 0. The SMILES string of the molecule is CN(CC(=O)OC(C)(C)C)CC(O)C(F)(F)F. The van der Waals surface area contributed by atoms with Crippen LogP contribution in [-0.4, -0.2) is 54.0 Å². The Morgan fingerprint density at radius 2 is 1.82 bits per heavy atom. The van der Waals surface area contributed by atoms with Crippen molar-refractivity contribution in [3.63, 3.8) is 0 Å². The van der Waals surface area contributed by atoms with Gasteiger partial charge in [-0.25, -0.2) is 0 Å². The molecule has 4 nitrogen and oxygen atoms in total. The second-order valence-corrected chi connectivity index (χ2v) is 4.84. The number of hydrogen-bond donors (Lipinski definition) is 1. The van der Waals surface area contributed by atoms with E-state index < -0.39 is 30.4 Å². The van der Waals surface area contributed by atoms with Crippen molar-refractivity contribution in [2.24, 2.45) is 0 Å². The van der Waals surface area contributed by atoms with Gasteiger partial charge in [0.05, 0.1) is 6.54 Å². The van der Waals surface area contributed by atoms with Crippen molar-refractivity contribution in [1.82, 2.24) is 4.90 Å². The molecule has 0 radical (unpaired) electrons. The first-order valence-electron chi connectivity index (χ1n) is 5.07. The number of likely N-dealkylation sites (N-methyl/N-ethyl adjacent to an activating group) is 1. The van der Waals surface area contributed by atoms with Gasteiger partial charge in [-0.1, -0.05) is 0 Å². The van der Waals surface area contributed by atoms with Crippen molar-refractivity contribution in [1.29, 1.82) is 0 Å². The molecule has 102 valence electrons. The van der Waals surface area contributed by atoms with Gasteiger partial charge in [-0.15, -0.1) is 0 Å². The predicted molar refractivity (Wildman–Crippen MR) is 55.4 cm³/mol. The Hall–Kier alpha value is -0.820. The molecule has 7 heteroatoms. The molecule has 0 aromatic carbocycles. The summed E-state index contributed by atoms with van der Waals surface area (Å²) >= 11 is 0. The molecule has 0 aliphatic rings. The van der Waals surface area contributed by atoms with Gasteiger partial charge in [0.2, 0.25) is 0 Å². The molecular formula is C10H18F3NO3. The van der Waals surface area contributed by atoms with E-state index in [1.807, 2.05) is 0 Å². The first-order chi connectivity index (χ1) is 7.42. The maximum atomic E-state index is 12.0. The molecule has 0 heterocycles. The van der Waals surface area contributed by atoms with Crippen LogP contribution in [0.3, 0.4) is 0 Å². The number of esters is 1. The number of aliphatic hydroxyl groups excluding tert-OH is 1. The minimum Gasteiger partial charge on any atom is -0.459 e. The lowest BCUT2D eigenvalue weighted by Gasteiger charge is -2.24. The van der Waals surface area contributed by atoms with Crippen LogP contribution in [0.2, 0.25) is 0 Å². The van der Waals surface area contributed by atoms with Crippen LogP contribution in [0.4, 0.5) is 13.2 Å². The van der Waals surface area contributed by atoms with Gasteiger partial charge in [-0.2, -0.15) is 13.2 Å². The first-order valence-corrected chi connectivity index (χ1v) is 5.07. The molecule has 0 saturated carbocycles. The van der Waals surface area contributed by atoms with Gasteiger partial charge in [0.25, 0.3) is 0 Å². The minimum absolute atomic E-state index is 0.301. The van der Waals surface area contributed by atoms with E-state index in [-0.39, 0.29) is 6.54 Å². The Morgan fingerprint density at radius 1 is 1.35 bits per heavy atom. The van der Waals surface area contributed by atoms with E-state index in [1.54, 1.807) is 20.8 Å². The topological polar surface area (TPSA) is 49.8 Å². The largest absolute Gasteiger partial charge is 0.459 e. The highest BCUT2D eigenvalue weighted by atomic mass is 19.4. The van der Waals surface area contributed by atoms with Crippen LogP contribution in [0.1, 0.15) is 20.8 Å². The maximum Gasteiger partial charge on any atom is 0.415 e. The van der Waals surface area contributed by atoms with Crippen molar-refractivity contribution < 1.29 is 27.8 Å². The second-order valence-electron chi connectivity index (χ2n) is 4.84. The van der Waals surface area contributed by atoms with E-state index in [1.165, 1.54) is 7.05 Å². The molecule has 1 unspecified atom stereocenters. The molecule has 1 N–H and O–H groups in total. The summed E-state index contributed by atoms with van der Waals surface area (Å²) in [6.45, 7) is 4.02. The highest BCUT2D eigenvalue weighted by Gasteiger charge is 2.38. The van der Waals surface area contributed by atoms with Gasteiger partial charge in [-0.3, -0.25) is 9.69 Å².